The van der Waals surface area contributed by atoms with Gasteiger partial charge in [0.15, 0.2) is 0 Å². The molecule has 0 bridgehead atoms. The highest BCUT2D eigenvalue weighted by atomic mass is 19.1. The maximum absolute atomic E-state index is 13.8. The summed E-state index contributed by atoms with van der Waals surface area (Å²) in [6.45, 7) is 1.90. The van der Waals surface area contributed by atoms with Crippen LogP contribution in [0.5, 0.6) is 0 Å². The summed E-state index contributed by atoms with van der Waals surface area (Å²) in [4.78, 5) is 2.02. The van der Waals surface area contributed by atoms with Gasteiger partial charge < -0.3 is 5.11 Å². The second kappa shape index (κ2) is 5.26. The Hall–Kier alpha value is -1.44. The SMILES string of the molecule is N#Cc1cccc(CN2CCC[C@H](O)C2)c1F. The van der Waals surface area contributed by atoms with Gasteiger partial charge in [-0.2, -0.15) is 5.26 Å². The number of nitrogens with zero attached hydrogens (tertiary/aromatic N) is 2. The quantitative estimate of drug-likeness (QED) is 0.846. The third kappa shape index (κ3) is 2.82. The molecule has 2 rings (SSSR count). The molecule has 1 aromatic carbocycles. The molecule has 0 saturated carbocycles. The predicted octanol–water partition coefficient (Wildman–Crippen LogP) is 1.65. The van der Waals surface area contributed by atoms with Gasteiger partial charge >= 0.3 is 0 Å². The third-order valence-electron chi connectivity index (χ3n) is 3.07. The number of likely N-dealkylation sites (tertiary alicyclic amines) is 1. The second-order valence-corrected chi connectivity index (χ2v) is 4.42. The molecule has 1 heterocycles. The molecule has 1 aromatic rings. The Morgan fingerprint density at radius 3 is 3.06 bits per heavy atom. The summed E-state index contributed by atoms with van der Waals surface area (Å²) < 4.78 is 13.8. The van der Waals surface area contributed by atoms with Gasteiger partial charge in [-0.25, -0.2) is 4.39 Å². The van der Waals surface area contributed by atoms with Crippen LogP contribution in [0.2, 0.25) is 0 Å². The highest BCUT2D eigenvalue weighted by Gasteiger charge is 2.19. The van der Waals surface area contributed by atoms with Crippen molar-refractivity contribution in [2.75, 3.05) is 13.1 Å². The van der Waals surface area contributed by atoms with E-state index in [4.69, 9.17) is 5.26 Å². The largest absolute Gasteiger partial charge is 0.392 e. The minimum absolute atomic E-state index is 0.0834. The van der Waals surface area contributed by atoms with E-state index in [9.17, 15) is 9.50 Å². The number of benzene rings is 1. The first-order chi connectivity index (χ1) is 8.20. The molecule has 0 radical (unpaired) electrons. The van der Waals surface area contributed by atoms with Crippen LogP contribution in [-0.4, -0.2) is 29.2 Å². The van der Waals surface area contributed by atoms with E-state index >= 15 is 0 Å². The van der Waals surface area contributed by atoms with Crippen molar-refractivity contribution in [2.24, 2.45) is 0 Å². The first kappa shape index (κ1) is 12.0. The van der Waals surface area contributed by atoms with Crippen molar-refractivity contribution in [3.63, 3.8) is 0 Å². The molecule has 1 aliphatic rings. The molecule has 0 amide bonds. The molecule has 0 unspecified atom stereocenters. The number of aliphatic hydroxyl groups excluding tert-OH is 1. The Balaban J connectivity index is 2.11. The van der Waals surface area contributed by atoms with Crippen molar-refractivity contribution in [3.8, 4) is 6.07 Å². The number of β-amino-alcohol motifs (C(OH)–C–C–N with tert-alkyl or cyclic N) is 1. The molecule has 1 fully saturated rings. The Morgan fingerprint density at radius 1 is 1.53 bits per heavy atom. The molecular formula is C13H15FN2O. The summed E-state index contributed by atoms with van der Waals surface area (Å²) in [6.07, 6.45) is 1.43. The van der Waals surface area contributed by atoms with Crippen LogP contribution in [0.4, 0.5) is 4.39 Å². The molecule has 0 spiro atoms. The number of hydrogen-bond donors (Lipinski definition) is 1. The minimum atomic E-state index is -0.435. The monoisotopic (exact) mass is 234 g/mol. The van der Waals surface area contributed by atoms with E-state index in [0.717, 1.165) is 19.4 Å². The standard InChI is InChI=1S/C13H15FN2O/c14-13-10(7-15)3-1-4-11(13)8-16-6-2-5-12(17)9-16/h1,3-4,12,17H,2,5-6,8-9H2/t12-/m0/s1. The van der Waals surface area contributed by atoms with Gasteiger partial charge in [0.1, 0.15) is 11.9 Å². The fourth-order valence-electron chi connectivity index (χ4n) is 2.20. The first-order valence-corrected chi connectivity index (χ1v) is 5.78. The van der Waals surface area contributed by atoms with Gasteiger partial charge in [-0.3, -0.25) is 4.90 Å². The van der Waals surface area contributed by atoms with Crippen LogP contribution >= 0.6 is 0 Å². The topological polar surface area (TPSA) is 47.3 Å². The van der Waals surface area contributed by atoms with Gasteiger partial charge in [0.05, 0.1) is 11.7 Å². The Labute approximate surface area is 100 Å². The Kier molecular flexibility index (Phi) is 3.72. The molecule has 1 aliphatic heterocycles. The van der Waals surface area contributed by atoms with E-state index in [0.29, 0.717) is 18.7 Å². The molecule has 4 heteroatoms. The molecule has 0 aromatic heterocycles. The maximum Gasteiger partial charge on any atom is 0.145 e. The lowest BCUT2D eigenvalue weighted by Gasteiger charge is -2.30. The molecule has 1 saturated heterocycles. The summed E-state index contributed by atoms with van der Waals surface area (Å²) >= 11 is 0. The zero-order valence-electron chi connectivity index (χ0n) is 9.56. The van der Waals surface area contributed by atoms with Crippen molar-refractivity contribution in [1.29, 1.82) is 5.26 Å². The Morgan fingerprint density at radius 2 is 2.35 bits per heavy atom. The lowest BCUT2D eigenvalue weighted by molar-refractivity contribution is 0.0662. The van der Waals surface area contributed by atoms with Gasteiger partial charge in [-0.15, -0.1) is 0 Å². The van der Waals surface area contributed by atoms with Crippen molar-refractivity contribution in [2.45, 2.75) is 25.5 Å². The molecule has 90 valence electrons. The van der Waals surface area contributed by atoms with Crippen LogP contribution in [0.15, 0.2) is 18.2 Å². The van der Waals surface area contributed by atoms with E-state index in [-0.39, 0.29) is 11.7 Å². The first-order valence-electron chi connectivity index (χ1n) is 5.78. The normalized spacial score (nSPS) is 21.1. The number of aliphatic hydroxyl groups is 1. The van der Waals surface area contributed by atoms with E-state index < -0.39 is 5.82 Å². The summed E-state index contributed by atoms with van der Waals surface area (Å²) in [5, 5.41) is 18.3. The number of nitriles is 1. The lowest BCUT2D eigenvalue weighted by atomic mass is 10.1. The van der Waals surface area contributed by atoms with Gasteiger partial charge in [-0.05, 0) is 25.5 Å². The average Bonchev–Trinajstić information content (AvgIpc) is 2.32. The van der Waals surface area contributed by atoms with E-state index in [1.807, 2.05) is 11.0 Å². The van der Waals surface area contributed by atoms with Crippen molar-refractivity contribution >= 4 is 0 Å². The molecule has 17 heavy (non-hydrogen) atoms. The van der Waals surface area contributed by atoms with Crippen LogP contribution < -0.4 is 0 Å². The maximum atomic E-state index is 13.8. The third-order valence-corrected chi connectivity index (χ3v) is 3.07. The number of piperidine rings is 1. The average molecular weight is 234 g/mol. The van der Waals surface area contributed by atoms with E-state index in [1.54, 1.807) is 12.1 Å². The molecular weight excluding hydrogens is 219 g/mol. The van der Waals surface area contributed by atoms with E-state index in [1.165, 1.54) is 6.07 Å². The van der Waals surface area contributed by atoms with Crippen LogP contribution in [-0.2, 0) is 6.54 Å². The molecule has 1 atom stereocenters. The van der Waals surface area contributed by atoms with Gasteiger partial charge in [0.2, 0.25) is 0 Å². The summed E-state index contributed by atoms with van der Waals surface area (Å²) in [7, 11) is 0. The van der Waals surface area contributed by atoms with Crippen molar-refractivity contribution < 1.29 is 9.50 Å². The molecule has 3 nitrogen and oxygen atoms in total. The van der Waals surface area contributed by atoms with Gasteiger partial charge in [0.25, 0.3) is 0 Å². The highest BCUT2D eigenvalue weighted by molar-refractivity contribution is 5.34. The predicted molar refractivity (Wildman–Crippen MR) is 61.6 cm³/mol. The zero-order chi connectivity index (χ0) is 12.3. The van der Waals surface area contributed by atoms with Crippen molar-refractivity contribution in [3.05, 3.63) is 35.1 Å². The van der Waals surface area contributed by atoms with E-state index in [2.05, 4.69) is 0 Å². The second-order valence-electron chi connectivity index (χ2n) is 4.42. The van der Waals surface area contributed by atoms with Crippen LogP contribution in [0, 0.1) is 17.1 Å². The summed E-state index contributed by atoms with van der Waals surface area (Å²) in [5.41, 5.74) is 0.609. The Bertz CT molecular complexity index is 442. The minimum Gasteiger partial charge on any atom is -0.392 e. The van der Waals surface area contributed by atoms with Crippen LogP contribution in [0.3, 0.4) is 0 Å². The molecule has 0 aliphatic carbocycles. The molecule has 1 N–H and O–H groups in total. The summed E-state index contributed by atoms with van der Waals surface area (Å²) in [6, 6.07) is 6.70. The number of hydrogen-bond acceptors (Lipinski definition) is 3. The summed E-state index contributed by atoms with van der Waals surface area (Å²) in [5.74, 6) is -0.435. The van der Waals surface area contributed by atoms with Crippen LogP contribution in [0.25, 0.3) is 0 Å². The fourth-order valence-corrected chi connectivity index (χ4v) is 2.20. The lowest BCUT2D eigenvalue weighted by Crippen LogP contribution is -2.37. The van der Waals surface area contributed by atoms with Gasteiger partial charge in [0, 0.05) is 18.7 Å². The highest BCUT2D eigenvalue weighted by Crippen LogP contribution is 2.17. The zero-order valence-corrected chi connectivity index (χ0v) is 9.56. The van der Waals surface area contributed by atoms with Crippen molar-refractivity contribution in [1.82, 2.24) is 4.90 Å². The number of halogens is 1. The van der Waals surface area contributed by atoms with Crippen LogP contribution in [0.1, 0.15) is 24.0 Å². The number of rotatable bonds is 2. The van der Waals surface area contributed by atoms with Gasteiger partial charge in [-0.1, -0.05) is 12.1 Å². The fraction of sp³-hybridized carbons (Fsp3) is 0.462. The smallest absolute Gasteiger partial charge is 0.145 e.